The van der Waals surface area contributed by atoms with E-state index >= 15 is 0 Å². The highest BCUT2D eigenvalue weighted by atomic mass is 16.3. The normalized spacial score (nSPS) is 11.3. The Hall–Kier alpha value is -1.83. The van der Waals surface area contributed by atoms with Crippen molar-refractivity contribution in [3.63, 3.8) is 0 Å². The van der Waals surface area contributed by atoms with Crippen LogP contribution in [0.5, 0.6) is 0 Å². The molecule has 2 heteroatoms. The summed E-state index contributed by atoms with van der Waals surface area (Å²) in [5.41, 5.74) is 2.13. The van der Waals surface area contributed by atoms with Crippen LogP contribution in [0.25, 0.3) is 12.2 Å². The zero-order valence-electron chi connectivity index (χ0n) is 12.4. The molecule has 0 N–H and O–H groups in total. The number of hydrogen-bond donors (Lipinski definition) is 0. The predicted molar refractivity (Wildman–Crippen MR) is 84.5 cm³/mol. The van der Waals surface area contributed by atoms with Gasteiger partial charge < -0.3 is 4.42 Å². The minimum Gasteiger partial charge on any atom is -0.462 e. The van der Waals surface area contributed by atoms with Gasteiger partial charge >= 0.3 is 0 Å². The van der Waals surface area contributed by atoms with Crippen LogP contribution >= 0.6 is 0 Å². The largest absolute Gasteiger partial charge is 0.462 e. The van der Waals surface area contributed by atoms with Crippen molar-refractivity contribution in [1.29, 1.82) is 0 Å². The van der Waals surface area contributed by atoms with E-state index in [1.165, 1.54) is 25.7 Å². The Balaban J connectivity index is 1.87. The van der Waals surface area contributed by atoms with E-state index in [-0.39, 0.29) is 0 Å². The number of pyridine rings is 1. The lowest BCUT2D eigenvalue weighted by atomic mass is 10.1. The van der Waals surface area contributed by atoms with Crippen molar-refractivity contribution in [2.45, 2.75) is 46.0 Å². The van der Waals surface area contributed by atoms with Gasteiger partial charge in [-0.25, -0.2) is 0 Å². The first-order valence-electron chi connectivity index (χ1n) is 7.47. The average molecular weight is 269 g/mol. The second-order valence-electron chi connectivity index (χ2n) is 5.18. The predicted octanol–water partition coefficient (Wildman–Crippen LogP) is 5.28. The SMILES string of the molecule is CCCCCCc1ccc(C=Cc2ccc(C)nc2)o1. The van der Waals surface area contributed by atoms with Gasteiger partial charge in [0.25, 0.3) is 0 Å². The maximum atomic E-state index is 5.80. The second kappa shape index (κ2) is 7.68. The van der Waals surface area contributed by atoms with Gasteiger partial charge in [0.2, 0.25) is 0 Å². The van der Waals surface area contributed by atoms with Crippen LogP contribution in [0.2, 0.25) is 0 Å². The van der Waals surface area contributed by atoms with Gasteiger partial charge in [-0.1, -0.05) is 32.3 Å². The van der Waals surface area contributed by atoms with Gasteiger partial charge in [0, 0.05) is 18.3 Å². The van der Waals surface area contributed by atoms with Gasteiger partial charge in [0.1, 0.15) is 11.5 Å². The molecule has 0 aliphatic heterocycles. The van der Waals surface area contributed by atoms with Crippen molar-refractivity contribution >= 4 is 12.2 Å². The minimum absolute atomic E-state index is 0.913. The molecule has 0 saturated carbocycles. The third-order valence-corrected chi connectivity index (χ3v) is 3.33. The number of rotatable bonds is 7. The van der Waals surface area contributed by atoms with Gasteiger partial charge in [-0.3, -0.25) is 4.98 Å². The second-order valence-corrected chi connectivity index (χ2v) is 5.18. The Morgan fingerprint density at radius 3 is 2.70 bits per heavy atom. The smallest absolute Gasteiger partial charge is 0.127 e. The first-order chi connectivity index (χ1) is 9.78. The third-order valence-electron chi connectivity index (χ3n) is 3.33. The summed E-state index contributed by atoms with van der Waals surface area (Å²) in [6.07, 6.45) is 12.0. The zero-order valence-corrected chi connectivity index (χ0v) is 12.4. The van der Waals surface area contributed by atoms with Crippen LogP contribution < -0.4 is 0 Å². The lowest BCUT2D eigenvalue weighted by Gasteiger charge is -1.96. The van der Waals surface area contributed by atoms with E-state index in [4.69, 9.17) is 4.42 Å². The summed E-state index contributed by atoms with van der Waals surface area (Å²) in [6, 6.07) is 8.20. The minimum atomic E-state index is 0.913. The van der Waals surface area contributed by atoms with E-state index in [2.05, 4.69) is 24.0 Å². The summed E-state index contributed by atoms with van der Waals surface area (Å²) in [5.74, 6) is 2.00. The van der Waals surface area contributed by atoms with Crippen molar-refractivity contribution in [2.24, 2.45) is 0 Å². The molecule has 0 unspecified atom stereocenters. The molecule has 0 aliphatic carbocycles. The Morgan fingerprint density at radius 2 is 1.95 bits per heavy atom. The maximum Gasteiger partial charge on any atom is 0.127 e. The molecule has 0 atom stereocenters. The molecule has 0 aromatic carbocycles. The molecule has 2 aromatic rings. The van der Waals surface area contributed by atoms with E-state index < -0.39 is 0 Å². The van der Waals surface area contributed by atoms with Gasteiger partial charge in [0.15, 0.2) is 0 Å². The fraction of sp³-hybridized carbons (Fsp3) is 0.389. The summed E-state index contributed by atoms with van der Waals surface area (Å²) in [6.45, 7) is 4.22. The van der Waals surface area contributed by atoms with Crippen molar-refractivity contribution in [1.82, 2.24) is 4.98 Å². The molecule has 0 bridgehead atoms. The van der Waals surface area contributed by atoms with E-state index in [1.54, 1.807) is 0 Å². The lowest BCUT2D eigenvalue weighted by Crippen LogP contribution is -1.82. The van der Waals surface area contributed by atoms with E-state index in [1.807, 2.05) is 37.4 Å². The van der Waals surface area contributed by atoms with E-state index in [0.29, 0.717) is 0 Å². The van der Waals surface area contributed by atoms with Gasteiger partial charge in [0.05, 0.1) is 0 Å². The summed E-state index contributed by atoms with van der Waals surface area (Å²) < 4.78 is 5.80. The zero-order chi connectivity index (χ0) is 14.2. The maximum absolute atomic E-state index is 5.80. The van der Waals surface area contributed by atoms with E-state index in [0.717, 1.165) is 29.2 Å². The molecule has 20 heavy (non-hydrogen) atoms. The molecule has 2 heterocycles. The molecule has 0 fully saturated rings. The standard InChI is InChI=1S/C18H23NO/c1-3-4-5-6-7-17-12-13-18(20-17)11-10-16-9-8-15(2)19-14-16/h8-14H,3-7H2,1-2H3. The number of hydrogen-bond acceptors (Lipinski definition) is 2. The van der Waals surface area contributed by atoms with Gasteiger partial charge in [-0.05, 0) is 49.3 Å². The van der Waals surface area contributed by atoms with Crippen molar-refractivity contribution in [3.8, 4) is 0 Å². The highest BCUT2D eigenvalue weighted by molar-refractivity contribution is 5.66. The molecule has 0 saturated heterocycles. The topological polar surface area (TPSA) is 26.0 Å². The molecule has 0 radical (unpaired) electrons. The molecular weight excluding hydrogens is 246 g/mol. The van der Waals surface area contributed by atoms with Crippen molar-refractivity contribution in [2.75, 3.05) is 0 Å². The average Bonchev–Trinajstić information content (AvgIpc) is 2.91. The molecule has 2 rings (SSSR count). The van der Waals surface area contributed by atoms with Crippen LogP contribution in [0.3, 0.4) is 0 Å². The Kier molecular flexibility index (Phi) is 5.60. The van der Waals surface area contributed by atoms with Gasteiger partial charge in [-0.15, -0.1) is 0 Å². The van der Waals surface area contributed by atoms with Crippen LogP contribution in [0.1, 0.15) is 55.4 Å². The number of unbranched alkanes of at least 4 members (excludes halogenated alkanes) is 3. The van der Waals surface area contributed by atoms with Crippen molar-refractivity contribution in [3.05, 3.63) is 53.2 Å². The molecule has 2 nitrogen and oxygen atoms in total. The quantitative estimate of drug-likeness (QED) is 0.639. The Morgan fingerprint density at radius 1 is 1.05 bits per heavy atom. The first kappa shape index (κ1) is 14.6. The number of aromatic nitrogens is 1. The van der Waals surface area contributed by atoms with Crippen LogP contribution in [0, 0.1) is 6.92 Å². The fourth-order valence-corrected chi connectivity index (χ4v) is 2.10. The molecule has 0 amide bonds. The summed E-state index contributed by atoms with van der Waals surface area (Å²) in [4.78, 5) is 4.27. The highest BCUT2D eigenvalue weighted by Crippen LogP contribution is 2.15. The fourth-order valence-electron chi connectivity index (χ4n) is 2.10. The summed E-state index contributed by atoms with van der Waals surface area (Å²) in [7, 11) is 0. The summed E-state index contributed by atoms with van der Waals surface area (Å²) in [5, 5.41) is 0. The van der Waals surface area contributed by atoms with E-state index in [9.17, 15) is 0 Å². The van der Waals surface area contributed by atoms with Crippen LogP contribution in [-0.4, -0.2) is 4.98 Å². The van der Waals surface area contributed by atoms with Crippen LogP contribution in [-0.2, 0) is 6.42 Å². The third kappa shape index (κ3) is 4.69. The molecule has 0 spiro atoms. The van der Waals surface area contributed by atoms with Crippen molar-refractivity contribution < 1.29 is 4.42 Å². The Labute approximate surface area is 121 Å². The summed E-state index contributed by atoms with van der Waals surface area (Å²) >= 11 is 0. The Bertz CT molecular complexity index is 537. The molecule has 2 aromatic heterocycles. The molecule has 0 aliphatic rings. The first-order valence-corrected chi connectivity index (χ1v) is 7.47. The molecular formula is C18H23NO. The number of aryl methyl sites for hydroxylation is 2. The molecule has 106 valence electrons. The highest BCUT2D eigenvalue weighted by Gasteiger charge is 1.99. The lowest BCUT2D eigenvalue weighted by molar-refractivity contribution is 0.488. The number of nitrogens with zero attached hydrogens (tertiary/aromatic N) is 1. The van der Waals surface area contributed by atoms with Gasteiger partial charge in [-0.2, -0.15) is 0 Å². The number of furan rings is 1. The van der Waals surface area contributed by atoms with Crippen LogP contribution in [0.4, 0.5) is 0 Å². The monoisotopic (exact) mass is 269 g/mol. The van der Waals surface area contributed by atoms with Crippen LogP contribution in [0.15, 0.2) is 34.9 Å².